The zero-order valence-corrected chi connectivity index (χ0v) is 9.30. The molecule has 0 amide bonds. The Kier molecular flexibility index (Phi) is 2.21. The number of aryl methyl sites for hydroxylation is 1. The van der Waals surface area contributed by atoms with Gasteiger partial charge in [-0.2, -0.15) is 0 Å². The van der Waals surface area contributed by atoms with E-state index in [1.54, 1.807) is 6.08 Å². The van der Waals surface area contributed by atoms with Crippen molar-refractivity contribution < 1.29 is 4.92 Å². The summed E-state index contributed by atoms with van der Waals surface area (Å²) in [5.41, 5.74) is 3.42. The van der Waals surface area contributed by atoms with E-state index in [0.29, 0.717) is 0 Å². The second-order valence-corrected chi connectivity index (χ2v) is 4.23. The molecular weight excluding hydrogens is 216 g/mol. The molecule has 17 heavy (non-hydrogen) atoms. The van der Waals surface area contributed by atoms with E-state index in [9.17, 15) is 10.1 Å². The summed E-state index contributed by atoms with van der Waals surface area (Å²) >= 11 is 0. The van der Waals surface area contributed by atoms with Crippen LogP contribution in [0.4, 0.5) is 0 Å². The fourth-order valence-corrected chi connectivity index (χ4v) is 2.63. The highest BCUT2D eigenvalue weighted by Crippen LogP contribution is 2.32. The Labute approximate surface area is 98.3 Å². The van der Waals surface area contributed by atoms with Crippen molar-refractivity contribution in [1.82, 2.24) is 4.57 Å². The topological polar surface area (TPSA) is 48.1 Å². The monoisotopic (exact) mass is 228 g/mol. The summed E-state index contributed by atoms with van der Waals surface area (Å²) in [7, 11) is 0. The molecule has 1 aliphatic heterocycles. The van der Waals surface area contributed by atoms with Gasteiger partial charge in [0, 0.05) is 34.8 Å². The van der Waals surface area contributed by atoms with Crippen molar-refractivity contribution in [2.24, 2.45) is 0 Å². The van der Waals surface area contributed by atoms with Crippen LogP contribution in [0.5, 0.6) is 0 Å². The minimum atomic E-state index is -0.409. The van der Waals surface area contributed by atoms with Crippen molar-refractivity contribution in [3.8, 4) is 0 Å². The minimum absolute atomic E-state index is 0.409. The fourth-order valence-electron chi connectivity index (χ4n) is 2.63. The molecular formula is C13H12N2O2. The maximum atomic E-state index is 10.4. The predicted molar refractivity (Wildman–Crippen MR) is 66.3 cm³/mol. The lowest BCUT2D eigenvalue weighted by Gasteiger charge is -1.97. The van der Waals surface area contributed by atoms with Gasteiger partial charge in [0.25, 0.3) is 0 Å². The summed E-state index contributed by atoms with van der Waals surface area (Å²) in [6.45, 7) is 1.02. The molecule has 2 aromatic rings. The average molecular weight is 228 g/mol. The van der Waals surface area contributed by atoms with Crippen molar-refractivity contribution >= 4 is 17.0 Å². The molecule has 86 valence electrons. The van der Waals surface area contributed by atoms with Crippen LogP contribution >= 0.6 is 0 Å². The maximum Gasteiger partial charge on any atom is 0.235 e. The number of hydrogen-bond donors (Lipinski definition) is 0. The Morgan fingerprint density at radius 2 is 2.18 bits per heavy atom. The Hall–Kier alpha value is -2.10. The molecule has 1 aliphatic rings. The molecule has 4 nitrogen and oxygen atoms in total. The van der Waals surface area contributed by atoms with Crippen LogP contribution in [0.25, 0.3) is 17.0 Å². The van der Waals surface area contributed by atoms with E-state index >= 15 is 0 Å². The molecule has 0 spiro atoms. The SMILES string of the molecule is O=[N+]([O-])/C=C/c1c2n(c3ccccc13)CCC2. The number of nitrogens with zero attached hydrogens (tertiary/aromatic N) is 2. The molecule has 0 bridgehead atoms. The zero-order valence-electron chi connectivity index (χ0n) is 9.30. The molecule has 0 atom stereocenters. The Morgan fingerprint density at radius 1 is 1.35 bits per heavy atom. The Bertz CT molecular complexity index is 626. The Morgan fingerprint density at radius 3 is 3.00 bits per heavy atom. The second kappa shape index (κ2) is 3.73. The molecule has 1 aromatic heterocycles. The van der Waals surface area contributed by atoms with Crippen LogP contribution in [0.3, 0.4) is 0 Å². The van der Waals surface area contributed by atoms with E-state index < -0.39 is 4.92 Å². The third kappa shape index (κ3) is 1.53. The zero-order chi connectivity index (χ0) is 11.8. The molecule has 3 rings (SSSR count). The molecule has 1 aromatic carbocycles. The summed E-state index contributed by atoms with van der Waals surface area (Å²) in [6.07, 6.45) is 4.78. The van der Waals surface area contributed by atoms with Gasteiger partial charge < -0.3 is 4.57 Å². The van der Waals surface area contributed by atoms with Gasteiger partial charge in [-0.05, 0) is 18.9 Å². The first-order valence-electron chi connectivity index (χ1n) is 5.69. The standard InChI is InChI=1S/C13H12N2O2/c16-15(17)9-7-11-10-4-1-2-5-12(10)14-8-3-6-13(11)14/h1-2,4-5,7,9H,3,6,8H2/b9-7+. The lowest BCUT2D eigenvalue weighted by molar-refractivity contribution is -0.400. The molecule has 0 unspecified atom stereocenters. The number of rotatable bonds is 2. The van der Waals surface area contributed by atoms with Gasteiger partial charge in [0.1, 0.15) is 0 Å². The van der Waals surface area contributed by atoms with Crippen molar-refractivity contribution in [2.45, 2.75) is 19.4 Å². The number of para-hydroxylation sites is 1. The molecule has 0 fully saturated rings. The molecule has 0 N–H and O–H groups in total. The van der Waals surface area contributed by atoms with E-state index in [1.165, 1.54) is 11.2 Å². The Balaban J connectivity index is 2.26. The summed E-state index contributed by atoms with van der Waals surface area (Å²) < 4.78 is 2.27. The highest BCUT2D eigenvalue weighted by atomic mass is 16.6. The number of aromatic nitrogens is 1. The van der Waals surface area contributed by atoms with Crippen LogP contribution in [-0.2, 0) is 13.0 Å². The van der Waals surface area contributed by atoms with Gasteiger partial charge in [-0.1, -0.05) is 18.2 Å². The minimum Gasteiger partial charge on any atom is -0.344 e. The highest BCUT2D eigenvalue weighted by molar-refractivity contribution is 5.91. The quantitative estimate of drug-likeness (QED) is 0.586. The van der Waals surface area contributed by atoms with Crippen LogP contribution in [0.1, 0.15) is 17.7 Å². The summed E-state index contributed by atoms with van der Waals surface area (Å²) in [5.74, 6) is 0. The van der Waals surface area contributed by atoms with Gasteiger partial charge in [-0.25, -0.2) is 0 Å². The highest BCUT2D eigenvalue weighted by Gasteiger charge is 2.19. The van der Waals surface area contributed by atoms with E-state index in [2.05, 4.69) is 10.6 Å². The maximum absolute atomic E-state index is 10.4. The lowest BCUT2D eigenvalue weighted by atomic mass is 10.1. The van der Waals surface area contributed by atoms with E-state index in [-0.39, 0.29) is 0 Å². The van der Waals surface area contributed by atoms with Gasteiger partial charge in [-0.3, -0.25) is 10.1 Å². The normalized spacial score (nSPS) is 14.6. The molecule has 2 heterocycles. The number of benzene rings is 1. The fraction of sp³-hybridized carbons (Fsp3) is 0.231. The summed E-state index contributed by atoms with van der Waals surface area (Å²) in [4.78, 5) is 10.0. The second-order valence-electron chi connectivity index (χ2n) is 4.23. The van der Waals surface area contributed by atoms with Gasteiger partial charge >= 0.3 is 0 Å². The molecule has 4 heteroatoms. The average Bonchev–Trinajstić information content (AvgIpc) is 2.87. The third-order valence-electron chi connectivity index (χ3n) is 3.28. The van der Waals surface area contributed by atoms with Gasteiger partial charge in [0.2, 0.25) is 6.20 Å². The number of nitro groups is 1. The van der Waals surface area contributed by atoms with Crippen molar-refractivity contribution in [3.05, 3.63) is 51.8 Å². The van der Waals surface area contributed by atoms with E-state index in [4.69, 9.17) is 0 Å². The van der Waals surface area contributed by atoms with Crippen molar-refractivity contribution in [3.63, 3.8) is 0 Å². The lowest BCUT2D eigenvalue weighted by Crippen LogP contribution is -1.90. The first-order valence-corrected chi connectivity index (χ1v) is 5.69. The third-order valence-corrected chi connectivity index (χ3v) is 3.28. The van der Waals surface area contributed by atoms with E-state index in [1.807, 2.05) is 18.2 Å². The summed E-state index contributed by atoms with van der Waals surface area (Å²) in [5, 5.41) is 11.6. The van der Waals surface area contributed by atoms with Crippen LogP contribution in [0, 0.1) is 10.1 Å². The first-order chi connectivity index (χ1) is 8.27. The number of fused-ring (bicyclic) bond motifs is 3. The smallest absolute Gasteiger partial charge is 0.235 e. The van der Waals surface area contributed by atoms with Crippen LogP contribution in [0.15, 0.2) is 30.5 Å². The van der Waals surface area contributed by atoms with Crippen molar-refractivity contribution in [2.75, 3.05) is 0 Å². The summed E-state index contributed by atoms with van der Waals surface area (Å²) in [6, 6.07) is 8.09. The number of hydrogen-bond acceptors (Lipinski definition) is 2. The van der Waals surface area contributed by atoms with Crippen LogP contribution in [-0.4, -0.2) is 9.49 Å². The molecule has 0 aliphatic carbocycles. The predicted octanol–water partition coefficient (Wildman–Crippen LogP) is 2.83. The van der Waals surface area contributed by atoms with E-state index in [0.717, 1.165) is 36.5 Å². The first kappa shape index (κ1) is 10.1. The van der Waals surface area contributed by atoms with Crippen molar-refractivity contribution in [1.29, 1.82) is 0 Å². The molecule has 0 radical (unpaired) electrons. The van der Waals surface area contributed by atoms with Crippen LogP contribution < -0.4 is 0 Å². The molecule has 0 saturated carbocycles. The molecule has 0 saturated heterocycles. The van der Waals surface area contributed by atoms with Crippen LogP contribution in [0.2, 0.25) is 0 Å². The van der Waals surface area contributed by atoms with Gasteiger partial charge in [0.05, 0.1) is 4.92 Å². The van der Waals surface area contributed by atoms with Gasteiger partial charge in [-0.15, -0.1) is 0 Å². The largest absolute Gasteiger partial charge is 0.344 e. The van der Waals surface area contributed by atoms with Gasteiger partial charge in [0.15, 0.2) is 0 Å².